The van der Waals surface area contributed by atoms with E-state index >= 15 is 0 Å². The van der Waals surface area contributed by atoms with Gasteiger partial charge in [0.05, 0.1) is 29.1 Å². The highest BCUT2D eigenvalue weighted by atomic mass is 35.5. The first-order valence-electron chi connectivity index (χ1n) is 10.6. The summed E-state index contributed by atoms with van der Waals surface area (Å²) in [5.41, 5.74) is 2.14. The molecule has 0 heterocycles. The van der Waals surface area contributed by atoms with Crippen molar-refractivity contribution in [2.24, 2.45) is 0 Å². The molecule has 0 radical (unpaired) electrons. The van der Waals surface area contributed by atoms with Gasteiger partial charge in [-0.25, -0.2) is 0 Å². The number of amides is 2. The molecule has 0 aliphatic carbocycles. The summed E-state index contributed by atoms with van der Waals surface area (Å²) in [4.78, 5) is 27.8. The van der Waals surface area contributed by atoms with Crippen LogP contribution in [0, 0.1) is 0 Å². The van der Waals surface area contributed by atoms with Crippen LogP contribution in [-0.2, 0) is 4.79 Å². The van der Waals surface area contributed by atoms with E-state index in [9.17, 15) is 9.59 Å². The van der Waals surface area contributed by atoms with Gasteiger partial charge in [0.1, 0.15) is 0 Å². The molecule has 0 bridgehead atoms. The van der Waals surface area contributed by atoms with Crippen molar-refractivity contribution < 1.29 is 9.59 Å². The molecule has 0 unspecified atom stereocenters. The summed E-state index contributed by atoms with van der Waals surface area (Å²) < 4.78 is 0. The number of halogens is 2. The van der Waals surface area contributed by atoms with Crippen molar-refractivity contribution in [1.29, 1.82) is 0 Å². The summed E-state index contributed by atoms with van der Waals surface area (Å²) in [6.07, 6.45) is 0.0862. The lowest BCUT2D eigenvalue weighted by Gasteiger charge is -2.26. The van der Waals surface area contributed by atoms with Crippen LogP contribution in [0.2, 0.25) is 10.0 Å². The molecule has 0 spiro atoms. The van der Waals surface area contributed by atoms with Crippen LogP contribution in [-0.4, -0.2) is 37.4 Å². The van der Waals surface area contributed by atoms with Crippen LogP contribution in [0.25, 0.3) is 0 Å². The predicted octanol–water partition coefficient (Wildman–Crippen LogP) is 5.27. The number of benzene rings is 3. The van der Waals surface area contributed by atoms with Crippen LogP contribution in [0.1, 0.15) is 40.0 Å². The first-order chi connectivity index (χ1) is 15.9. The molecular weight excluding hydrogens is 457 g/mol. The third kappa shape index (κ3) is 6.81. The maximum atomic E-state index is 12.9. The van der Waals surface area contributed by atoms with Gasteiger partial charge in [-0.2, -0.15) is 0 Å². The summed E-state index contributed by atoms with van der Waals surface area (Å²) in [6, 6.07) is 23.3. The first kappa shape index (κ1) is 24.8. The monoisotopic (exact) mass is 483 g/mol. The number of hydrogen-bond acceptors (Lipinski definition) is 3. The second-order valence-corrected chi connectivity index (χ2v) is 8.74. The standard InChI is InChI=1S/C26H27Cl2N3O2/c1-31(2)24(19-12-6-8-14-21(19)27)17-29-25(32)16-23(18-10-4-3-5-11-18)30-26(33)20-13-7-9-15-22(20)28/h3-15,23-24H,16-17H2,1-2H3,(H,29,32)(H,30,33)/t23-,24-/m0/s1. The lowest BCUT2D eigenvalue weighted by molar-refractivity contribution is -0.121. The van der Waals surface area contributed by atoms with E-state index in [-0.39, 0.29) is 24.3 Å². The Hall–Kier alpha value is -2.86. The van der Waals surface area contributed by atoms with Gasteiger partial charge in [0, 0.05) is 11.6 Å². The summed E-state index contributed by atoms with van der Waals surface area (Å²) in [6.45, 7) is 0.384. The van der Waals surface area contributed by atoms with Gasteiger partial charge < -0.3 is 15.5 Å². The zero-order valence-corrected chi connectivity index (χ0v) is 20.1. The van der Waals surface area contributed by atoms with Gasteiger partial charge in [0.15, 0.2) is 0 Å². The van der Waals surface area contributed by atoms with Gasteiger partial charge in [-0.1, -0.05) is 83.9 Å². The molecule has 2 atom stereocenters. The van der Waals surface area contributed by atoms with Crippen molar-refractivity contribution >= 4 is 35.0 Å². The fourth-order valence-electron chi connectivity index (χ4n) is 3.60. The lowest BCUT2D eigenvalue weighted by Crippen LogP contribution is -2.37. The van der Waals surface area contributed by atoms with Crippen molar-refractivity contribution in [3.63, 3.8) is 0 Å². The minimum atomic E-state index is -0.506. The van der Waals surface area contributed by atoms with Gasteiger partial charge in [0.2, 0.25) is 5.91 Å². The van der Waals surface area contributed by atoms with Gasteiger partial charge in [-0.3, -0.25) is 9.59 Å². The van der Waals surface area contributed by atoms with Gasteiger partial charge in [-0.05, 0) is 43.4 Å². The van der Waals surface area contributed by atoms with Gasteiger partial charge in [0.25, 0.3) is 5.91 Å². The SMILES string of the molecule is CN(C)[C@@H](CNC(=O)C[C@H](NC(=O)c1ccccc1Cl)c1ccccc1)c1ccccc1Cl. The van der Waals surface area contributed by atoms with E-state index in [2.05, 4.69) is 10.6 Å². The average Bonchev–Trinajstić information content (AvgIpc) is 2.80. The molecular formula is C26H27Cl2N3O2. The zero-order valence-electron chi connectivity index (χ0n) is 18.6. The number of likely N-dealkylation sites (N-methyl/N-ethyl adjacent to an activating group) is 1. The molecule has 0 saturated carbocycles. The predicted molar refractivity (Wildman–Crippen MR) is 134 cm³/mol. The van der Waals surface area contributed by atoms with E-state index in [0.29, 0.717) is 22.2 Å². The van der Waals surface area contributed by atoms with Crippen molar-refractivity contribution in [2.75, 3.05) is 20.6 Å². The maximum absolute atomic E-state index is 12.9. The Morgan fingerprint density at radius 3 is 2.09 bits per heavy atom. The Labute approximate surface area is 204 Å². The minimum absolute atomic E-state index is 0.0862. The molecule has 172 valence electrons. The van der Waals surface area contributed by atoms with Crippen molar-refractivity contribution in [1.82, 2.24) is 15.5 Å². The Morgan fingerprint density at radius 1 is 0.848 bits per heavy atom. The van der Waals surface area contributed by atoms with E-state index in [0.717, 1.165) is 11.1 Å². The van der Waals surface area contributed by atoms with E-state index in [4.69, 9.17) is 23.2 Å². The maximum Gasteiger partial charge on any atom is 0.253 e. The third-order valence-corrected chi connectivity index (χ3v) is 6.07. The number of nitrogens with zero attached hydrogens (tertiary/aromatic N) is 1. The Balaban J connectivity index is 1.72. The normalized spacial score (nSPS) is 12.8. The van der Waals surface area contributed by atoms with Crippen LogP contribution in [0.15, 0.2) is 78.9 Å². The molecule has 0 aliphatic heterocycles. The van der Waals surface area contributed by atoms with Crippen LogP contribution < -0.4 is 10.6 Å². The molecule has 0 fully saturated rings. The highest BCUT2D eigenvalue weighted by Crippen LogP contribution is 2.26. The zero-order chi connectivity index (χ0) is 23.8. The first-order valence-corrected chi connectivity index (χ1v) is 11.4. The second-order valence-electron chi connectivity index (χ2n) is 7.93. The molecule has 7 heteroatoms. The van der Waals surface area contributed by atoms with Crippen molar-refractivity contribution in [3.05, 3.63) is 106 Å². The Kier molecular flexibility index (Phi) is 8.89. The number of nitrogens with one attached hydrogen (secondary N) is 2. The smallest absolute Gasteiger partial charge is 0.253 e. The topological polar surface area (TPSA) is 61.4 Å². The van der Waals surface area contributed by atoms with Crippen LogP contribution in [0.5, 0.6) is 0 Å². The summed E-state index contributed by atoms with van der Waals surface area (Å²) >= 11 is 12.6. The number of hydrogen-bond donors (Lipinski definition) is 2. The van der Waals surface area contributed by atoms with Crippen LogP contribution >= 0.6 is 23.2 Å². The van der Waals surface area contributed by atoms with Crippen molar-refractivity contribution in [2.45, 2.75) is 18.5 Å². The molecule has 2 amide bonds. The number of rotatable bonds is 9. The molecule has 3 aromatic rings. The quantitative estimate of drug-likeness (QED) is 0.435. The molecule has 3 aromatic carbocycles. The minimum Gasteiger partial charge on any atom is -0.354 e. The molecule has 33 heavy (non-hydrogen) atoms. The summed E-state index contributed by atoms with van der Waals surface area (Å²) in [5.74, 6) is -0.508. The van der Waals surface area contributed by atoms with E-state index in [1.165, 1.54) is 0 Å². The van der Waals surface area contributed by atoms with Crippen LogP contribution in [0.4, 0.5) is 0 Å². The second kappa shape index (κ2) is 11.8. The average molecular weight is 484 g/mol. The molecule has 5 nitrogen and oxygen atoms in total. The highest BCUT2D eigenvalue weighted by Gasteiger charge is 2.22. The molecule has 3 rings (SSSR count). The van der Waals surface area contributed by atoms with E-state index in [1.807, 2.05) is 73.6 Å². The van der Waals surface area contributed by atoms with E-state index < -0.39 is 6.04 Å². The third-order valence-electron chi connectivity index (χ3n) is 5.40. The highest BCUT2D eigenvalue weighted by molar-refractivity contribution is 6.33. The Morgan fingerprint density at radius 2 is 1.45 bits per heavy atom. The number of carbonyl (C=O) groups is 2. The lowest BCUT2D eigenvalue weighted by atomic mass is 10.0. The van der Waals surface area contributed by atoms with Crippen molar-refractivity contribution in [3.8, 4) is 0 Å². The Bertz CT molecular complexity index is 1090. The van der Waals surface area contributed by atoms with Gasteiger partial charge in [-0.15, -0.1) is 0 Å². The molecule has 0 aromatic heterocycles. The van der Waals surface area contributed by atoms with E-state index in [1.54, 1.807) is 24.3 Å². The van der Waals surface area contributed by atoms with Crippen LogP contribution in [0.3, 0.4) is 0 Å². The summed E-state index contributed by atoms with van der Waals surface area (Å²) in [5, 5.41) is 6.97. The largest absolute Gasteiger partial charge is 0.354 e. The molecule has 2 N–H and O–H groups in total. The number of carbonyl (C=O) groups excluding carboxylic acids is 2. The fourth-order valence-corrected chi connectivity index (χ4v) is 4.09. The fraction of sp³-hybridized carbons (Fsp3) is 0.231. The van der Waals surface area contributed by atoms with Gasteiger partial charge >= 0.3 is 0 Å². The molecule has 0 aliphatic rings. The molecule has 0 saturated heterocycles. The summed E-state index contributed by atoms with van der Waals surface area (Å²) in [7, 11) is 3.88.